The van der Waals surface area contributed by atoms with Gasteiger partial charge in [-0.2, -0.15) is 0 Å². The van der Waals surface area contributed by atoms with Gasteiger partial charge in [-0.3, -0.25) is 4.79 Å². The van der Waals surface area contributed by atoms with E-state index in [2.05, 4.69) is 45.1 Å². The molecule has 2 aliphatic rings. The van der Waals surface area contributed by atoms with Gasteiger partial charge in [0.2, 0.25) is 5.91 Å². The van der Waals surface area contributed by atoms with Gasteiger partial charge in [-0.15, -0.1) is 10.2 Å². The highest BCUT2D eigenvalue weighted by molar-refractivity contribution is 7.17. The van der Waals surface area contributed by atoms with Crippen molar-refractivity contribution >= 4 is 22.9 Å². The third kappa shape index (κ3) is 5.25. The maximum Gasteiger partial charge on any atom is 0.236 e. The average molecular weight is 506 g/mol. The Morgan fingerprint density at radius 1 is 1.14 bits per heavy atom. The standard InChI is InChI=1S/C28H35N5O2S/c1-18(2)35-25-13-12-19(16-24(25)29-3)27-31-32-28(36-27)22-10-6-9-21-20(22)8-7-11-23(21)30-17-26(34)33-14-4-5-15-33/h6,9-10,12-13,16,18,23,29-30H,4-5,7-8,11,14-15,17H2,1-3H3/t23-/m0/s1. The second kappa shape index (κ2) is 11.0. The highest BCUT2D eigenvalue weighted by Crippen LogP contribution is 2.39. The summed E-state index contributed by atoms with van der Waals surface area (Å²) < 4.78 is 5.91. The van der Waals surface area contributed by atoms with Crippen LogP contribution in [0.25, 0.3) is 21.1 Å². The summed E-state index contributed by atoms with van der Waals surface area (Å²) in [7, 11) is 1.90. The summed E-state index contributed by atoms with van der Waals surface area (Å²) >= 11 is 1.62. The van der Waals surface area contributed by atoms with Crippen LogP contribution in [-0.4, -0.2) is 53.8 Å². The lowest BCUT2D eigenvalue weighted by Gasteiger charge is -2.28. The highest BCUT2D eigenvalue weighted by atomic mass is 32.1. The normalized spacial score (nSPS) is 17.3. The fraction of sp³-hybridized carbons (Fsp3) is 0.464. The van der Waals surface area contributed by atoms with Crippen molar-refractivity contribution in [1.29, 1.82) is 0 Å². The Bertz CT molecular complexity index is 1220. The first kappa shape index (κ1) is 24.7. The number of ether oxygens (including phenoxy) is 1. The van der Waals surface area contributed by atoms with Crippen LogP contribution in [0, 0.1) is 0 Å². The van der Waals surface area contributed by atoms with Crippen molar-refractivity contribution in [3.63, 3.8) is 0 Å². The largest absolute Gasteiger partial charge is 0.489 e. The van der Waals surface area contributed by atoms with Crippen molar-refractivity contribution < 1.29 is 9.53 Å². The van der Waals surface area contributed by atoms with Gasteiger partial charge < -0.3 is 20.3 Å². The molecule has 190 valence electrons. The second-order valence-corrected chi connectivity index (χ2v) is 10.8. The number of benzene rings is 2. The molecule has 3 aromatic rings. The molecule has 0 bridgehead atoms. The molecule has 1 atom stereocenters. The fourth-order valence-corrected chi connectivity index (χ4v) is 6.11. The van der Waals surface area contributed by atoms with Gasteiger partial charge in [0, 0.05) is 37.3 Å². The van der Waals surface area contributed by atoms with E-state index < -0.39 is 0 Å². The number of likely N-dealkylation sites (tertiary alicyclic amines) is 1. The lowest BCUT2D eigenvalue weighted by molar-refractivity contribution is -0.129. The van der Waals surface area contributed by atoms with Crippen LogP contribution in [0.5, 0.6) is 5.75 Å². The van der Waals surface area contributed by atoms with Crippen LogP contribution in [-0.2, 0) is 11.2 Å². The van der Waals surface area contributed by atoms with Crippen molar-refractivity contribution in [1.82, 2.24) is 20.4 Å². The summed E-state index contributed by atoms with van der Waals surface area (Å²) in [4.78, 5) is 14.6. The van der Waals surface area contributed by atoms with Crippen LogP contribution in [0.4, 0.5) is 5.69 Å². The molecule has 7 nitrogen and oxygen atoms in total. The molecular weight excluding hydrogens is 470 g/mol. The molecule has 0 radical (unpaired) electrons. The SMILES string of the molecule is CNc1cc(-c2nnc(-c3cccc4c3CCC[C@@H]4NCC(=O)N3CCCC3)s2)ccc1OC(C)C. The van der Waals surface area contributed by atoms with Gasteiger partial charge in [-0.05, 0) is 75.3 Å². The van der Waals surface area contributed by atoms with E-state index in [1.54, 1.807) is 11.3 Å². The van der Waals surface area contributed by atoms with Crippen molar-refractivity contribution in [2.45, 2.75) is 58.1 Å². The monoisotopic (exact) mass is 505 g/mol. The van der Waals surface area contributed by atoms with Crippen molar-refractivity contribution in [3.05, 3.63) is 47.5 Å². The molecule has 1 saturated heterocycles. The Kier molecular flexibility index (Phi) is 7.53. The zero-order valence-corrected chi connectivity index (χ0v) is 22.2. The smallest absolute Gasteiger partial charge is 0.236 e. The van der Waals surface area contributed by atoms with Crippen LogP contribution in [0.2, 0.25) is 0 Å². The molecule has 0 spiro atoms. The molecule has 2 heterocycles. The number of carbonyl (C=O) groups excluding carboxylic acids is 1. The van der Waals surface area contributed by atoms with Crippen molar-refractivity contribution in [3.8, 4) is 26.9 Å². The minimum atomic E-state index is 0.108. The first-order valence-electron chi connectivity index (χ1n) is 13.0. The summed E-state index contributed by atoms with van der Waals surface area (Å²) in [6.07, 6.45) is 5.51. The molecule has 1 aliphatic heterocycles. The van der Waals surface area contributed by atoms with E-state index in [1.807, 2.05) is 37.9 Å². The second-order valence-electron chi connectivity index (χ2n) is 9.83. The zero-order valence-electron chi connectivity index (χ0n) is 21.3. The minimum absolute atomic E-state index is 0.108. The van der Waals surface area contributed by atoms with Gasteiger partial charge in [0.1, 0.15) is 15.8 Å². The topological polar surface area (TPSA) is 79.4 Å². The van der Waals surface area contributed by atoms with Crippen LogP contribution in [0.3, 0.4) is 0 Å². The number of aromatic nitrogens is 2. The lowest BCUT2D eigenvalue weighted by Crippen LogP contribution is -2.38. The number of rotatable bonds is 8. The predicted octanol–water partition coefficient (Wildman–Crippen LogP) is 5.29. The van der Waals surface area contributed by atoms with Gasteiger partial charge in [-0.25, -0.2) is 0 Å². The molecule has 2 N–H and O–H groups in total. The lowest BCUT2D eigenvalue weighted by atomic mass is 9.85. The Morgan fingerprint density at radius 3 is 2.72 bits per heavy atom. The molecule has 0 saturated carbocycles. The quantitative estimate of drug-likeness (QED) is 0.433. The molecule has 8 heteroatoms. The maximum absolute atomic E-state index is 12.6. The number of fused-ring (bicyclic) bond motifs is 1. The van der Waals surface area contributed by atoms with E-state index in [9.17, 15) is 4.79 Å². The zero-order chi connectivity index (χ0) is 25.1. The summed E-state index contributed by atoms with van der Waals surface area (Å²) in [6, 6.07) is 12.8. The summed E-state index contributed by atoms with van der Waals surface area (Å²) in [6.45, 7) is 6.25. The number of hydrogen-bond acceptors (Lipinski definition) is 7. The molecule has 1 amide bonds. The Labute approximate surface area is 217 Å². The first-order chi connectivity index (χ1) is 17.5. The predicted molar refractivity (Wildman–Crippen MR) is 146 cm³/mol. The summed E-state index contributed by atoms with van der Waals surface area (Å²) in [5, 5.41) is 17.7. The average Bonchev–Trinajstić information content (AvgIpc) is 3.60. The van der Waals surface area contributed by atoms with Gasteiger partial charge >= 0.3 is 0 Å². The Morgan fingerprint density at radius 2 is 1.94 bits per heavy atom. The molecule has 0 unspecified atom stereocenters. The van der Waals surface area contributed by atoms with Gasteiger partial charge in [-0.1, -0.05) is 29.5 Å². The van der Waals surface area contributed by atoms with Crippen LogP contribution in [0.15, 0.2) is 36.4 Å². The molecule has 36 heavy (non-hydrogen) atoms. The number of anilines is 1. The van der Waals surface area contributed by atoms with E-state index in [0.717, 1.165) is 77.8 Å². The van der Waals surface area contributed by atoms with E-state index in [1.165, 1.54) is 11.1 Å². The number of hydrogen-bond donors (Lipinski definition) is 2. The number of carbonyl (C=O) groups is 1. The molecule has 5 rings (SSSR count). The van der Waals surface area contributed by atoms with Crippen LogP contribution >= 0.6 is 11.3 Å². The number of nitrogens with one attached hydrogen (secondary N) is 2. The van der Waals surface area contributed by atoms with E-state index in [4.69, 9.17) is 4.74 Å². The molecule has 2 aromatic carbocycles. The molecule has 1 fully saturated rings. The fourth-order valence-electron chi connectivity index (χ4n) is 5.21. The Balaban J connectivity index is 1.36. The number of nitrogens with zero attached hydrogens (tertiary/aromatic N) is 3. The van der Waals surface area contributed by atoms with Crippen molar-refractivity contribution in [2.24, 2.45) is 0 Å². The molecular formula is C28H35N5O2S. The summed E-state index contributed by atoms with van der Waals surface area (Å²) in [5.74, 6) is 1.05. The van der Waals surface area contributed by atoms with Crippen LogP contribution in [0.1, 0.15) is 56.7 Å². The Hall–Kier alpha value is -2.97. The highest BCUT2D eigenvalue weighted by Gasteiger charge is 2.25. The summed E-state index contributed by atoms with van der Waals surface area (Å²) in [5.41, 5.74) is 5.73. The van der Waals surface area contributed by atoms with Crippen molar-refractivity contribution in [2.75, 3.05) is 32.0 Å². The van der Waals surface area contributed by atoms with Gasteiger partial charge in [0.25, 0.3) is 0 Å². The molecule has 1 aromatic heterocycles. The third-order valence-electron chi connectivity index (χ3n) is 6.98. The minimum Gasteiger partial charge on any atom is -0.489 e. The van der Waals surface area contributed by atoms with Crippen LogP contribution < -0.4 is 15.4 Å². The first-order valence-corrected chi connectivity index (χ1v) is 13.8. The third-order valence-corrected chi connectivity index (χ3v) is 7.99. The number of amides is 1. The van der Waals surface area contributed by atoms with E-state index in [0.29, 0.717) is 6.54 Å². The maximum atomic E-state index is 12.6. The molecule has 1 aliphatic carbocycles. The van der Waals surface area contributed by atoms with E-state index in [-0.39, 0.29) is 18.1 Å². The van der Waals surface area contributed by atoms with Gasteiger partial charge in [0.15, 0.2) is 0 Å². The van der Waals surface area contributed by atoms with Gasteiger partial charge in [0.05, 0.1) is 18.3 Å². The van der Waals surface area contributed by atoms with E-state index >= 15 is 0 Å².